The van der Waals surface area contributed by atoms with Crippen LogP contribution in [-0.4, -0.2) is 111 Å². The van der Waals surface area contributed by atoms with Crippen LogP contribution in [0.2, 0.25) is 0 Å². The Kier molecular flexibility index (Phi) is 11.0. The molecule has 2 saturated heterocycles. The van der Waals surface area contributed by atoms with E-state index in [1.165, 1.54) is 43.6 Å². The summed E-state index contributed by atoms with van der Waals surface area (Å²) in [5.41, 5.74) is 0.720. The average molecular weight is 723 g/mol. The van der Waals surface area contributed by atoms with Crippen molar-refractivity contribution in [1.29, 1.82) is 0 Å². The van der Waals surface area contributed by atoms with Crippen molar-refractivity contribution in [2.75, 3.05) is 54.0 Å². The summed E-state index contributed by atoms with van der Waals surface area (Å²) in [7, 11) is -6.84. The Bertz CT molecular complexity index is 1930. The monoisotopic (exact) mass is 722 g/mol. The van der Waals surface area contributed by atoms with E-state index in [0.717, 1.165) is 4.31 Å². The Labute approximate surface area is 283 Å². The molecule has 0 radical (unpaired) electrons. The van der Waals surface area contributed by atoms with Crippen molar-refractivity contribution in [2.45, 2.75) is 51.7 Å². The lowest BCUT2D eigenvalue weighted by Gasteiger charge is -2.38. The predicted molar refractivity (Wildman–Crippen MR) is 180 cm³/mol. The maximum absolute atomic E-state index is 13.7. The maximum atomic E-state index is 13.7. The molecule has 3 N–H and O–H groups in total. The molecule has 2 aliphatic rings. The van der Waals surface area contributed by atoms with Gasteiger partial charge in [-0.2, -0.15) is 4.31 Å². The Morgan fingerprint density at radius 2 is 1.52 bits per heavy atom. The molecule has 262 valence electrons. The number of sulfonamides is 3. The third-order valence-electron chi connectivity index (χ3n) is 8.73. The van der Waals surface area contributed by atoms with Gasteiger partial charge in [-0.3, -0.25) is 0 Å². The highest BCUT2D eigenvalue weighted by Gasteiger charge is 2.44. The Balaban J connectivity index is 1.14. The van der Waals surface area contributed by atoms with E-state index < -0.39 is 41.8 Å². The summed E-state index contributed by atoms with van der Waals surface area (Å²) in [6.07, 6.45) is 0.854. The molecule has 0 aromatic heterocycles. The van der Waals surface area contributed by atoms with E-state index in [0.29, 0.717) is 42.7 Å². The molecule has 0 amide bonds. The molecular weight excluding hydrogens is 681 g/mol. The minimum absolute atomic E-state index is 0.0318. The van der Waals surface area contributed by atoms with Crippen LogP contribution in [0.5, 0.6) is 5.75 Å². The highest BCUT2D eigenvalue weighted by atomic mass is 32.2. The van der Waals surface area contributed by atoms with Crippen molar-refractivity contribution < 1.29 is 39.8 Å². The van der Waals surface area contributed by atoms with E-state index in [1.807, 2.05) is 0 Å². The number of aliphatic hydroxyl groups excluding tert-OH is 1. The quantitative estimate of drug-likeness (QED) is 0.237. The first kappa shape index (κ1) is 36.4. The fraction of sp³-hybridized carbons (Fsp3) is 0.438. The lowest BCUT2D eigenvalue weighted by atomic mass is 9.88. The molecule has 5 rings (SSSR count). The van der Waals surface area contributed by atoms with Crippen molar-refractivity contribution in [3.05, 3.63) is 72.8 Å². The van der Waals surface area contributed by atoms with Gasteiger partial charge in [-0.25, -0.2) is 34.3 Å². The first-order valence-electron chi connectivity index (χ1n) is 15.5. The molecule has 16 heteroatoms. The van der Waals surface area contributed by atoms with E-state index in [2.05, 4.69) is 10.0 Å². The van der Waals surface area contributed by atoms with Crippen molar-refractivity contribution in [3.8, 4) is 16.9 Å². The number of hydrogen-bond acceptors (Lipinski definition) is 10. The summed E-state index contributed by atoms with van der Waals surface area (Å²) < 4.78 is 93.3. The van der Waals surface area contributed by atoms with Crippen molar-refractivity contribution in [3.63, 3.8) is 0 Å². The smallest absolute Gasteiger partial charge is 0.243 e. The molecule has 2 aliphatic heterocycles. The second-order valence-corrected chi connectivity index (χ2v) is 18.2. The average Bonchev–Trinajstić information content (AvgIpc) is 3.48. The number of aliphatic hydroxyl groups is 1. The molecule has 0 bridgehead atoms. The van der Waals surface area contributed by atoms with Crippen LogP contribution in [0.15, 0.2) is 87.5 Å². The highest BCUT2D eigenvalue weighted by Crippen LogP contribution is 2.38. The van der Waals surface area contributed by atoms with E-state index in [1.54, 1.807) is 54.6 Å². The Morgan fingerprint density at radius 3 is 2.17 bits per heavy atom. The van der Waals surface area contributed by atoms with Gasteiger partial charge in [0.25, 0.3) is 0 Å². The minimum Gasteiger partial charge on any atom is -0.491 e. The normalized spacial score (nSPS) is 19.5. The summed E-state index contributed by atoms with van der Waals surface area (Å²) in [6.45, 7) is 1.20. The fourth-order valence-electron chi connectivity index (χ4n) is 5.89. The number of benzene rings is 3. The molecule has 0 aliphatic carbocycles. The molecule has 2 heterocycles. The third-order valence-corrected chi connectivity index (χ3v) is 13.8. The summed E-state index contributed by atoms with van der Waals surface area (Å²) in [5, 5.41) is 13.8. The molecular formula is C32H42N4O9S3. The number of nitrogens with one attached hydrogen (secondary N) is 2. The molecule has 3 aromatic rings. The van der Waals surface area contributed by atoms with Gasteiger partial charge in [0, 0.05) is 45.8 Å². The first-order valence-corrected chi connectivity index (χ1v) is 19.9. The molecule has 48 heavy (non-hydrogen) atoms. The molecule has 2 fully saturated rings. The zero-order valence-electron chi connectivity index (χ0n) is 27.1. The molecule has 1 unspecified atom stereocenters. The van der Waals surface area contributed by atoms with Gasteiger partial charge in [0.1, 0.15) is 18.5 Å². The van der Waals surface area contributed by atoms with Crippen LogP contribution in [0, 0.1) is 0 Å². The highest BCUT2D eigenvalue weighted by molar-refractivity contribution is 7.89. The van der Waals surface area contributed by atoms with Crippen LogP contribution in [0.4, 0.5) is 0 Å². The summed E-state index contributed by atoms with van der Waals surface area (Å²) in [6, 6.07) is 19.0. The number of nitrogens with zero attached hydrogens (tertiary/aromatic N) is 2. The van der Waals surface area contributed by atoms with Crippen LogP contribution in [-0.2, 0) is 34.8 Å². The largest absolute Gasteiger partial charge is 0.491 e. The van der Waals surface area contributed by atoms with Crippen molar-refractivity contribution in [1.82, 2.24) is 18.6 Å². The standard InChI is InChI=1S/C32H42N4O9S3/c1-33-46(38,39)29-10-6-9-28(19-29)44-23-27(37)21-34-26-20-32(45-22-26)13-15-36(16-14-32)48(42,43)31-12-5-8-25(18-31)24-7-4-11-30(17-24)47(40,41)35(2)3/h4-12,17-19,26-27,33-34,37H,13-16,20-23H2,1-3H3/t26?,27-/m0/s1. The van der Waals surface area contributed by atoms with Crippen molar-refractivity contribution in [2.24, 2.45) is 0 Å². The predicted octanol–water partition coefficient (Wildman–Crippen LogP) is 1.85. The topological polar surface area (TPSA) is 172 Å². The van der Waals surface area contributed by atoms with Gasteiger partial charge in [0.15, 0.2) is 0 Å². The lowest BCUT2D eigenvalue weighted by Crippen LogP contribution is -2.47. The SMILES string of the molecule is CNS(=O)(=O)c1cccc(OC[C@@H](O)CNC2COC3(CCN(S(=O)(=O)c4cccc(-c5cccc(S(=O)(=O)N(C)C)c5)c4)CC3)C2)c1. The lowest BCUT2D eigenvalue weighted by molar-refractivity contribution is -0.0312. The van der Waals surface area contributed by atoms with Gasteiger partial charge in [0.05, 0.1) is 26.9 Å². The van der Waals surface area contributed by atoms with Crippen LogP contribution in [0.1, 0.15) is 19.3 Å². The second-order valence-electron chi connectivity index (χ2n) is 12.2. The van der Waals surface area contributed by atoms with Crippen molar-refractivity contribution >= 4 is 30.1 Å². The maximum Gasteiger partial charge on any atom is 0.243 e. The van der Waals surface area contributed by atoms with E-state index in [-0.39, 0.29) is 47.0 Å². The van der Waals surface area contributed by atoms with Crippen LogP contribution < -0.4 is 14.8 Å². The third kappa shape index (κ3) is 8.09. The second kappa shape index (κ2) is 14.5. The van der Waals surface area contributed by atoms with E-state index in [9.17, 15) is 30.4 Å². The first-order chi connectivity index (χ1) is 22.6. The van der Waals surface area contributed by atoms with Gasteiger partial charge in [-0.15, -0.1) is 0 Å². The van der Waals surface area contributed by atoms with Gasteiger partial charge in [-0.1, -0.05) is 30.3 Å². The Morgan fingerprint density at radius 1 is 0.917 bits per heavy atom. The zero-order valence-corrected chi connectivity index (χ0v) is 29.5. The van der Waals surface area contributed by atoms with Crippen LogP contribution >= 0.6 is 0 Å². The van der Waals surface area contributed by atoms with E-state index >= 15 is 0 Å². The molecule has 3 aromatic carbocycles. The van der Waals surface area contributed by atoms with Crippen LogP contribution in [0.25, 0.3) is 11.1 Å². The molecule has 0 saturated carbocycles. The van der Waals surface area contributed by atoms with Gasteiger partial charge < -0.3 is 19.9 Å². The number of ether oxygens (including phenoxy) is 2. The molecule has 2 atom stereocenters. The summed E-state index contributed by atoms with van der Waals surface area (Å²) >= 11 is 0. The summed E-state index contributed by atoms with van der Waals surface area (Å²) in [4.78, 5) is 0.324. The number of rotatable bonds is 13. The number of piperidine rings is 1. The summed E-state index contributed by atoms with van der Waals surface area (Å²) in [5.74, 6) is 0.326. The molecule has 13 nitrogen and oxygen atoms in total. The molecule has 1 spiro atoms. The van der Waals surface area contributed by atoms with Gasteiger partial charge in [-0.05, 0) is 73.8 Å². The van der Waals surface area contributed by atoms with Gasteiger partial charge in [0.2, 0.25) is 30.1 Å². The van der Waals surface area contributed by atoms with Gasteiger partial charge >= 0.3 is 0 Å². The zero-order chi connectivity index (χ0) is 34.7. The van der Waals surface area contributed by atoms with Crippen LogP contribution in [0.3, 0.4) is 0 Å². The Hall–Kier alpha value is -2.93. The fourth-order valence-corrected chi connectivity index (χ4v) is 9.09. The number of hydrogen-bond donors (Lipinski definition) is 3. The van der Waals surface area contributed by atoms with E-state index in [4.69, 9.17) is 9.47 Å². The minimum atomic E-state index is -3.82.